The highest BCUT2D eigenvalue weighted by molar-refractivity contribution is 8.14. The zero-order valence-electron chi connectivity index (χ0n) is 14.2. The first-order valence-electron chi connectivity index (χ1n) is 7.69. The average molecular weight is 392 g/mol. The fourth-order valence-corrected chi connectivity index (χ4v) is 3.93. The van der Waals surface area contributed by atoms with Crippen LogP contribution >= 0.6 is 11.8 Å². The molecule has 3 rings (SSSR count). The summed E-state index contributed by atoms with van der Waals surface area (Å²) in [6.45, 7) is 0. The van der Waals surface area contributed by atoms with Gasteiger partial charge in [-0.2, -0.15) is 5.10 Å². The summed E-state index contributed by atoms with van der Waals surface area (Å²) >= 11 is 1.44. The first-order chi connectivity index (χ1) is 12.4. The third kappa shape index (κ3) is 4.12. The minimum absolute atomic E-state index is 0.181. The third-order valence-corrected chi connectivity index (χ3v) is 6.32. The van der Waals surface area contributed by atoms with E-state index in [1.807, 2.05) is 0 Å². The monoisotopic (exact) mass is 392 g/mol. The number of thioether (sulfide) groups is 1. The fraction of sp³-hybridized carbons (Fsp3) is 0.176. The van der Waals surface area contributed by atoms with Gasteiger partial charge in [0.25, 0.3) is 0 Å². The maximum atomic E-state index is 13.0. The van der Waals surface area contributed by atoms with Gasteiger partial charge >= 0.3 is 0 Å². The van der Waals surface area contributed by atoms with Crippen molar-refractivity contribution in [2.45, 2.75) is 4.90 Å². The van der Waals surface area contributed by atoms with Crippen LogP contribution in [0.25, 0.3) is 0 Å². The van der Waals surface area contributed by atoms with E-state index in [0.717, 1.165) is 15.6 Å². The molecule has 1 heterocycles. The van der Waals surface area contributed by atoms with Crippen LogP contribution in [0.5, 0.6) is 0 Å². The second-order valence-corrected chi connectivity index (χ2v) is 8.78. The van der Waals surface area contributed by atoms with Crippen LogP contribution in [0.4, 0.5) is 10.1 Å². The van der Waals surface area contributed by atoms with Gasteiger partial charge in [0.05, 0.1) is 16.3 Å². The van der Waals surface area contributed by atoms with Crippen LogP contribution in [0.1, 0.15) is 5.56 Å². The van der Waals surface area contributed by atoms with Gasteiger partial charge in [-0.15, -0.1) is 0 Å². The Hall–Kier alpha value is -2.23. The van der Waals surface area contributed by atoms with Crippen molar-refractivity contribution in [3.8, 4) is 0 Å². The Labute approximate surface area is 155 Å². The molecule has 0 aliphatic carbocycles. The van der Waals surface area contributed by atoms with Gasteiger partial charge in [-0.1, -0.05) is 30.0 Å². The highest BCUT2D eigenvalue weighted by Crippen LogP contribution is 2.22. The lowest BCUT2D eigenvalue weighted by Crippen LogP contribution is -2.25. The summed E-state index contributed by atoms with van der Waals surface area (Å²) in [6, 6.07) is 12.6. The lowest BCUT2D eigenvalue weighted by atomic mass is 10.1. The molecule has 0 saturated carbocycles. The second-order valence-electron chi connectivity index (χ2n) is 5.67. The van der Waals surface area contributed by atoms with E-state index in [0.29, 0.717) is 16.6 Å². The molecule has 0 aromatic heterocycles. The molecule has 2 aromatic carbocycles. The molecule has 1 N–H and O–H groups in total. The number of hydrogen-bond acceptors (Lipinski definition) is 5. The SMILES string of the molecule is CN(C)S(=O)(=O)c1cccc(N=C2NN=C(c3ccc(F)cc3)CS2)c1. The average Bonchev–Trinajstić information content (AvgIpc) is 2.63. The Morgan fingerprint density at radius 1 is 1.19 bits per heavy atom. The number of benzene rings is 2. The van der Waals surface area contributed by atoms with Crippen LogP contribution in [0.15, 0.2) is 63.5 Å². The summed E-state index contributed by atoms with van der Waals surface area (Å²) in [4.78, 5) is 4.59. The largest absolute Gasteiger partial charge is 0.255 e. The number of amidine groups is 1. The predicted octanol–water partition coefficient (Wildman–Crippen LogP) is 2.80. The van der Waals surface area contributed by atoms with Crippen molar-refractivity contribution in [3.05, 3.63) is 59.9 Å². The highest BCUT2D eigenvalue weighted by atomic mass is 32.2. The van der Waals surface area contributed by atoms with Crippen molar-refractivity contribution in [1.29, 1.82) is 0 Å². The van der Waals surface area contributed by atoms with Gasteiger partial charge in [0, 0.05) is 19.8 Å². The molecule has 0 amide bonds. The third-order valence-electron chi connectivity index (χ3n) is 3.64. The van der Waals surface area contributed by atoms with Crippen molar-refractivity contribution >= 4 is 38.4 Å². The van der Waals surface area contributed by atoms with Gasteiger partial charge in [0.15, 0.2) is 5.17 Å². The first kappa shape index (κ1) is 18.6. The fourth-order valence-electron chi connectivity index (χ4n) is 2.21. The number of nitrogens with zero attached hydrogens (tertiary/aromatic N) is 3. The molecule has 9 heteroatoms. The zero-order chi connectivity index (χ0) is 18.7. The molecule has 6 nitrogen and oxygen atoms in total. The predicted molar refractivity (Wildman–Crippen MR) is 103 cm³/mol. The Bertz CT molecular complexity index is 971. The molecule has 0 atom stereocenters. The Kier molecular flexibility index (Phi) is 5.40. The number of hydrogen-bond donors (Lipinski definition) is 1. The van der Waals surface area contributed by atoms with Crippen LogP contribution in [0, 0.1) is 5.82 Å². The summed E-state index contributed by atoms with van der Waals surface area (Å²) in [7, 11) is -0.541. The highest BCUT2D eigenvalue weighted by Gasteiger charge is 2.18. The topological polar surface area (TPSA) is 74.1 Å². The molecular weight excluding hydrogens is 375 g/mol. The van der Waals surface area contributed by atoms with Gasteiger partial charge in [-0.25, -0.2) is 22.1 Å². The Morgan fingerprint density at radius 3 is 2.54 bits per heavy atom. The van der Waals surface area contributed by atoms with Gasteiger partial charge in [-0.05, 0) is 35.9 Å². The van der Waals surface area contributed by atoms with Gasteiger partial charge in [0.1, 0.15) is 5.82 Å². The van der Waals surface area contributed by atoms with E-state index >= 15 is 0 Å². The molecule has 0 fully saturated rings. The summed E-state index contributed by atoms with van der Waals surface area (Å²) in [5.74, 6) is 0.285. The number of sulfonamides is 1. The lowest BCUT2D eigenvalue weighted by Gasteiger charge is -2.15. The maximum absolute atomic E-state index is 13.0. The second kappa shape index (κ2) is 7.56. The van der Waals surface area contributed by atoms with Crippen molar-refractivity contribution in [1.82, 2.24) is 9.73 Å². The summed E-state index contributed by atoms with van der Waals surface area (Å²) in [6.07, 6.45) is 0. The van der Waals surface area contributed by atoms with Crippen LogP contribution in [-0.4, -0.2) is 43.5 Å². The minimum Gasteiger partial charge on any atom is -0.255 e. The zero-order valence-corrected chi connectivity index (χ0v) is 15.8. The van der Waals surface area contributed by atoms with E-state index in [2.05, 4.69) is 15.5 Å². The number of hydrazone groups is 1. The normalized spacial score (nSPS) is 16.5. The number of halogens is 1. The van der Waals surface area contributed by atoms with Crippen LogP contribution in [0.2, 0.25) is 0 Å². The van der Waals surface area contributed by atoms with Crippen molar-refractivity contribution in [2.24, 2.45) is 10.1 Å². The van der Waals surface area contributed by atoms with Crippen molar-refractivity contribution in [3.63, 3.8) is 0 Å². The van der Waals surface area contributed by atoms with Crippen molar-refractivity contribution < 1.29 is 12.8 Å². The van der Waals surface area contributed by atoms with E-state index in [4.69, 9.17) is 0 Å². The van der Waals surface area contributed by atoms with Crippen LogP contribution < -0.4 is 5.43 Å². The number of nitrogens with one attached hydrogen (secondary N) is 1. The molecule has 2 aromatic rings. The molecule has 26 heavy (non-hydrogen) atoms. The van der Waals surface area contributed by atoms with Crippen LogP contribution in [0.3, 0.4) is 0 Å². The van der Waals surface area contributed by atoms with E-state index in [-0.39, 0.29) is 10.7 Å². The summed E-state index contributed by atoms with van der Waals surface area (Å²) < 4.78 is 38.6. The molecule has 136 valence electrons. The quantitative estimate of drug-likeness (QED) is 0.868. The Morgan fingerprint density at radius 2 is 1.92 bits per heavy atom. The lowest BCUT2D eigenvalue weighted by molar-refractivity contribution is 0.521. The van der Waals surface area contributed by atoms with Crippen molar-refractivity contribution in [2.75, 3.05) is 19.8 Å². The first-order valence-corrected chi connectivity index (χ1v) is 10.1. The van der Waals surface area contributed by atoms with Crippen LogP contribution in [-0.2, 0) is 10.0 Å². The molecule has 0 saturated heterocycles. The van der Waals surface area contributed by atoms with Gasteiger partial charge in [-0.3, -0.25) is 5.43 Å². The Balaban J connectivity index is 1.79. The molecule has 0 radical (unpaired) electrons. The standard InChI is InChI=1S/C17H17FN4O2S2/c1-22(2)26(23,24)15-5-3-4-14(10-15)19-17-21-20-16(11-25-17)12-6-8-13(18)9-7-12/h3-10H,11H2,1-2H3,(H,19,21). The molecule has 1 aliphatic heterocycles. The van der Waals surface area contributed by atoms with E-state index in [1.165, 1.54) is 50.1 Å². The molecule has 0 spiro atoms. The smallest absolute Gasteiger partial charge is 0.242 e. The minimum atomic E-state index is -3.51. The van der Waals surface area contributed by atoms with Gasteiger partial charge < -0.3 is 0 Å². The van der Waals surface area contributed by atoms with Gasteiger partial charge in [0.2, 0.25) is 10.0 Å². The maximum Gasteiger partial charge on any atom is 0.242 e. The molecular formula is C17H17FN4O2S2. The summed E-state index contributed by atoms with van der Waals surface area (Å²) in [5.41, 5.74) is 5.00. The van der Waals surface area contributed by atoms with E-state index in [1.54, 1.807) is 24.3 Å². The number of aliphatic imine (C=N–C) groups is 1. The van der Waals surface area contributed by atoms with E-state index < -0.39 is 10.0 Å². The molecule has 1 aliphatic rings. The molecule has 0 unspecified atom stereocenters. The number of rotatable bonds is 4. The molecule has 0 bridgehead atoms. The van der Waals surface area contributed by atoms with E-state index in [9.17, 15) is 12.8 Å². The summed E-state index contributed by atoms with van der Waals surface area (Å²) in [5, 5.41) is 4.84.